The molecule has 9 nitrogen and oxygen atoms in total. The molecule has 0 saturated heterocycles. The number of hydrogen-bond acceptors (Lipinski definition) is 6. The average Bonchev–Trinajstić information content (AvgIpc) is 2.53. The van der Waals surface area contributed by atoms with Crippen molar-refractivity contribution in [3.63, 3.8) is 0 Å². The second kappa shape index (κ2) is 8.85. The lowest BCUT2D eigenvalue weighted by Crippen LogP contribution is -2.55. The van der Waals surface area contributed by atoms with Crippen molar-refractivity contribution >= 4 is 17.8 Å². The summed E-state index contributed by atoms with van der Waals surface area (Å²) in [6.45, 7) is 0.660. The van der Waals surface area contributed by atoms with E-state index in [1.165, 1.54) is 19.1 Å². The minimum atomic E-state index is -1.48. The second-order valence-electron chi connectivity index (χ2n) is 5.30. The summed E-state index contributed by atoms with van der Waals surface area (Å²) >= 11 is 0. The number of carbonyl (C=O) groups is 3. The topological polar surface area (TPSA) is 162 Å². The molecule has 132 valence electrons. The summed E-state index contributed by atoms with van der Waals surface area (Å²) in [7, 11) is 0. The molecular formula is C15H21N3O6. The number of nitrogens with two attached hydrogens (primary N) is 1. The summed E-state index contributed by atoms with van der Waals surface area (Å²) in [5, 5.41) is 31.7. The van der Waals surface area contributed by atoms with Crippen LogP contribution in [0.4, 0.5) is 0 Å². The summed E-state index contributed by atoms with van der Waals surface area (Å²) in [4.78, 5) is 34.9. The third-order valence-corrected chi connectivity index (χ3v) is 3.22. The third kappa shape index (κ3) is 5.86. The van der Waals surface area contributed by atoms with E-state index in [0.29, 0.717) is 5.56 Å². The Kier molecular flexibility index (Phi) is 7.15. The number of aromatic hydroxyl groups is 1. The van der Waals surface area contributed by atoms with Gasteiger partial charge in [0.05, 0.1) is 12.6 Å². The van der Waals surface area contributed by atoms with Crippen LogP contribution in [0.2, 0.25) is 0 Å². The molecule has 0 aromatic heterocycles. The molecule has 2 amide bonds. The SMILES string of the molecule is C[C@H](N)C(=O)N[C@@H](Cc1ccc(O)cc1)C(=O)N[C@@H](CO)C(=O)O. The highest BCUT2D eigenvalue weighted by molar-refractivity contribution is 5.91. The highest BCUT2D eigenvalue weighted by Crippen LogP contribution is 2.11. The number of rotatable bonds is 8. The maximum absolute atomic E-state index is 12.3. The van der Waals surface area contributed by atoms with Crippen molar-refractivity contribution in [2.45, 2.75) is 31.5 Å². The molecule has 1 aromatic carbocycles. The lowest BCUT2D eigenvalue weighted by atomic mass is 10.0. The Morgan fingerprint density at radius 2 is 1.62 bits per heavy atom. The van der Waals surface area contributed by atoms with Gasteiger partial charge in [-0.3, -0.25) is 9.59 Å². The predicted octanol–water partition coefficient (Wildman–Crippen LogP) is -1.67. The van der Waals surface area contributed by atoms with Gasteiger partial charge in [-0.2, -0.15) is 0 Å². The van der Waals surface area contributed by atoms with E-state index in [0.717, 1.165) is 0 Å². The number of carboxylic acids is 1. The second-order valence-corrected chi connectivity index (χ2v) is 5.30. The molecule has 9 heteroatoms. The van der Waals surface area contributed by atoms with Crippen molar-refractivity contribution in [1.82, 2.24) is 10.6 Å². The van der Waals surface area contributed by atoms with E-state index in [-0.39, 0.29) is 12.2 Å². The first-order valence-corrected chi connectivity index (χ1v) is 7.22. The number of aliphatic hydroxyl groups is 1. The number of aliphatic carboxylic acids is 1. The van der Waals surface area contributed by atoms with Crippen molar-refractivity contribution in [2.24, 2.45) is 5.73 Å². The maximum atomic E-state index is 12.3. The molecule has 3 atom stereocenters. The number of carbonyl (C=O) groups excluding carboxylic acids is 2. The molecule has 0 aliphatic carbocycles. The van der Waals surface area contributed by atoms with Crippen LogP contribution in [0.15, 0.2) is 24.3 Å². The Labute approximate surface area is 138 Å². The normalized spacial score (nSPS) is 14.3. The number of phenolic OH excluding ortho intramolecular Hbond substituents is 1. The van der Waals surface area contributed by atoms with Crippen LogP contribution >= 0.6 is 0 Å². The molecule has 0 bridgehead atoms. The van der Waals surface area contributed by atoms with Crippen molar-refractivity contribution in [1.29, 1.82) is 0 Å². The van der Waals surface area contributed by atoms with Gasteiger partial charge < -0.3 is 31.7 Å². The van der Waals surface area contributed by atoms with Crippen molar-refractivity contribution < 1.29 is 29.7 Å². The van der Waals surface area contributed by atoms with Gasteiger partial charge in [-0.1, -0.05) is 12.1 Å². The number of carboxylic acid groups (broad SMARTS) is 1. The molecule has 0 radical (unpaired) electrons. The Morgan fingerprint density at radius 1 is 1.08 bits per heavy atom. The fourth-order valence-corrected chi connectivity index (χ4v) is 1.84. The molecular weight excluding hydrogens is 318 g/mol. The number of aliphatic hydroxyl groups excluding tert-OH is 1. The summed E-state index contributed by atoms with van der Waals surface area (Å²) in [6.07, 6.45) is 0.0579. The van der Waals surface area contributed by atoms with Gasteiger partial charge in [0.25, 0.3) is 0 Å². The van der Waals surface area contributed by atoms with Crippen molar-refractivity contribution in [2.75, 3.05) is 6.61 Å². The first-order chi connectivity index (χ1) is 11.2. The van der Waals surface area contributed by atoms with Gasteiger partial charge in [0.15, 0.2) is 0 Å². The molecule has 0 fully saturated rings. The van der Waals surface area contributed by atoms with Gasteiger partial charge in [0.1, 0.15) is 17.8 Å². The van der Waals surface area contributed by atoms with Crippen molar-refractivity contribution in [3.8, 4) is 5.75 Å². The van der Waals surface area contributed by atoms with Crippen LogP contribution in [0.25, 0.3) is 0 Å². The van der Waals surface area contributed by atoms with Gasteiger partial charge >= 0.3 is 5.97 Å². The smallest absolute Gasteiger partial charge is 0.328 e. The first kappa shape index (κ1) is 19.4. The Balaban J connectivity index is 2.90. The quantitative estimate of drug-likeness (QED) is 0.330. The lowest BCUT2D eigenvalue weighted by molar-refractivity contribution is -0.143. The summed E-state index contributed by atoms with van der Waals surface area (Å²) in [6, 6.07) is 2.56. The summed E-state index contributed by atoms with van der Waals surface area (Å²) in [5.41, 5.74) is 6.10. The van der Waals surface area contributed by atoms with Crippen molar-refractivity contribution in [3.05, 3.63) is 29.8 Å². The first-order valence-electron chi connectivity index (χ1n) is 7.22. The Morgan fingerprint density at radius 3 is 2.08 bits per heavy atom. The highest BCUT2D eigenvalue weighted by atomic mass is 16.4. The van der Waals surface area contributed by atoms with E-state index in [1.54, 1.807) is 12.1 Å². The maximum Gasteiger partial charge on any atom is 0.328 e. The largest absolute Gasteiger partial charge is 0.508 e. The van der Waals surface area contributed by atoms with E-state index in [9.17, 15) is 19.5 Å². The monoisotopic (exact) mass is 339 g/mol. The molecule has 0 unspecified atom stereocenters. The van der Waals surface area contributed by atoms with Gasteiger partial charge in [-0.15, -0.1) is 0 Å². The van der Waals surface area contributed by atoms with Crippen LogP contribution in [0.1, 0.15) is 12.5 Å². The zero-order valence-electron chi connectivity index (χ0n) is 13.1. The van der Waals surface area contributed by atoms with E-state index in [1.807, 2.05) is 0 Å². The number of amides is 2. The molecule has 0 saturated carbocycles. The van der Waals surface area contributed by atoms with E-state index in [2.05, 4.69) is 10.6 Å². The minimum absolute atomic E-state index is 0.0468. The fourth-order valence-electron chi connectivity index (χ4n) is 1.84. The molecule has 1 rings (SSSR count). The van der Waals surface area contributed by atoms with Crippen LogP contribution < -0.4 is 16.4 Å². The number of nitrogens with one attached hydrogen (secondary N) is 2. The molecule has 7 N–H and O–H groups in total. The standard InChI is InChI=1S/C15H21N3O6/c1-8(16)13(21)17-11(6-9-2-4-10(20)5-3-9)14(22)18-12(7-19)15(23)24/h2-5,8,11-12,19-20H,6-7,16H2,1H3,(H,17,21)(H,18,22)(H,23,24)/t8-,11-,12-/m0/s1. The molecule has 24 heavy (non-hydrogen) atoms. The van der Waals surface area contributed by atoms with Gasteiger partial charge in [0, 0.05) is 6.42 Å². The van der Waals surface area contributed by atoms with Crippen LogP contribution in [0.3, 0.4) is 0 Å². The van der Waals surface area contributed by atoms with Crippen LogP contribution in [0, 0.1) is 0 Å². The van der Waals surface area contributed by atoms with Gasteiger partial charge in [-0.25, -0.2) is 4.79 Å². The summed E-state index contributed by atoms with van der Waals surface area (Å²) in [5.74, 6) is -2.69. The molecule has 0 aliphatic heterocycles. The summed E-state index contributed by atoms with van der Waals surface area (Å²) < 4.78 is 0. The zero-order chi connectivity index (χ0) is 18.3. The predicted molar refractivity (Wildman–Crippen MR) is 84.0 cm³/mol. The number of hydrogen-bond donors (Lipinski definition) is 6. The Hall–Kier alpha value is -2.65. The molecule has 0 aliphatic rings. The third-order valence-electron chi connectivity index (χ3n) is 3.22. The van der Waals surface area contributed by atoms with Crippen LogP contribution in [-0.2, 0) is 20.8 Å². The van der Waals surface area contributed by atoms with E-state index >= 15 is 0 Å². The lowest BCUT2D eigenvalue weighted by Gasteiger charge is -2.21. The molecule has 0 spiro atoms. The molecule has 1 aromatic rings. The molecule has 0 heterocycles. The van der Waals surface area contributed by atoms with Crippen LogP contribution in [0.5, 0.6) is 5.75 Å². The average molecular weight is 339 g/mol. The number of benzene rings is 1. The minimum Gasteiger partial charge on any atom is -0.508 e. The zero-order valence-corrected chi connectivity index (χ0v) is 13.1. The van der Waals surface area contributed by atoms with Gasteiger partial charge in [-0.05, 0) is 24.6 Å². The van der Waals surface area contributed by atoms with E-state index < -0.39 is 42.5 Å². The fraction of sp³-hybridized carbons (Fsp3) is 0.400. The highest BCUT2D eigenvalue weighted by Gasteiger charge is 2.27. The number of phenols is 1. The van der Waals surface area contributed by atoms with E-state index in [4.69, 9.17) is 15.9 Å². The van der Waals surface area contributed by atoms with Gasteiger partial charge in [0.2, 0.25) is 11.8 Å². The van der Waals surface area contributed by atoms with Crippen LogP contribution in [-0.4, -0.2) is 57.8 Å². The Bertz CT molecular complexity index is 587.